The summed E-state index contributed by atoms with van der Waals surface area (Å²) < 4.78 is 22.6. The predicted octanol–water partition coefficient (Wildman–Crippen LogP) is -2.36. The van der Waals surface area contributed by atoms with Gasteiger partial charge in [-0.25, -0.2) is 0 Å². The minimum atomic E-state index is -1.70. The van der Waals surface area contributed by atoms with Gasteiger partial charge in [0.1, 0.15) is 54.9 Å². The molecule has 184 valence electrons. The summed E-state index contributed by atoms with van der Waals surface area (Å²) in [4.78, 5) is 0. The lowest BCUT2D eigenvalue weighted by atomic mass is 9.83. The number of aliphatic hydroxyl groups is 7. The van der Waals surface area contributed by atoms with Crippen LogP contribution in [-0.2, 0) is 18.9 Å². The molecular weight excluding hydrogens is 416 g/mol. The fraction of sp³-hybridized carbons (Fsp3) is 1.00. The molecule has 0 saturated carbocycles. The molecule has 0 radical (unpaired) electrons. The van der Waals surface area contributed by atoms with Crippen molar-refractivity contribution in [1.29, 1.82) is 0 Å². The lowest BCUT2D eigenvalue weighted by Crippen LogP contribution is -2.68. The molecule has 11 heteroatoms. The quantitative estimate of drug-likeness (QED) is 0.198. The second-order valence-corrected chi connectivity index (χ2v) is 8.56. The third-order valence-electron chi connectivity index (χ3n) is 6.38. The van der Waals surface area contributed by atoms with Crippen molar-refractivity contribution in [3.63, 3.8) is 0 Å². The number of hydrogen-bond acceptors (Lipinski definition) is 11. The average molecular weight is 455 g/mol. The number of rotatable bonds is 9. The molecule has 0 aromatic carbocycles. The van der Waals surface area contributed by atoms with Crippen LogP contribution in [-0.4, -0.2) is 122 Å². The number of ether oxygens (including phenoxy) is 4. The summed E-state index contributed by atoms with van der Waals surface area (Å²) in [6, 6.07) is 0. The molecule has 2 fully saturated rings. The fourth-order valence-electron chi connectivity index (χ4n) is 3.99. The van der Waals surface area contributed by atoms with Crippen molar-refractivity contribution in [1.82, 2.24) is 0 Å². The summed E-state index contributed by atoms with van der Waals surface area (Å²) >= 11 is 0. The van der Waals surface area contributed by atoms with Crippen LogP contribution in [0.15, 0.2) is 0 Å². The summed E-state index contributed by atoms with van der Waals surface area (Å²) in [6.45, 7) is 5.86. The first-order valence-electron chi connectivity index (χ1n) is 10.8. The van der Waals surface area contributed by atoms with Gasteiger partial charge in [0.2, 0.25) is 0 Å². The molecule has 7 unspecified atom stereocenters. The maximum absolute atomic E-state index is 11.0. The Balaban J connectivity index is 2.32. The molecule has 2 heterocycles. The van der Waals surface area contributed by atoms with Crippen LogP contribution in [0.25, 0.3) is 0 Å². The highest BCUT2D eigenvalue weighted by molar-refractivity contribution is 5.03. The average Bonchev–Trinajstić information content (AvgIpc) is 2.76. The molecule has 0 aromatic rings. The maximum atomic E-state index is 11.0. The molecule has 0 aromatic heterocycles. The minimum Gasteiger partial charge on any atom is -0.394 e. The van der Waals surface area contributed by atoms with E-state index in [2.05, 4.69) is 0 Å². The third-order valence-corrected chi connectivity index (χ3v) is 6.38. The molecule has 0 amide bonds. The molecular formula is C20H38O11. The van der Waals surface area contributed by atoms with E-state index in [1.54, 1.807) is 20.8 Å². The maximum Gasteiger partial charge on any atom is 0.184 e. The Morgan fingerprint density at radius 2 is 1.39 bits per heavy atom. The zero-order valence-corrected chi connectivity index (χ0v) is 18.4. The van der Waals surface area contributed by atoms with Crippen molar-refractivity contribution in [2.45, 2.75) is 113 Å². The minimum absolute atomic E-state index is 0.232. The Bertz CT molecular complexity index is 551. The van der Waals surface area contributed by atoms with E-state index in [0.717, 1.165) is 0 Å². The molecule has 0 spiro atoms. The van der Waals surface area contributed by atoms with Gasteiger partial charge in [-0.15, -0.1) is 0 Å². The van der Waals surface area contributed by atoms with Crippen LogP contribution in [0.4, 0.5) is 0 Å². The topological polar surface area (TPSA) is 179 Å². The first-order valence-corrected chi connectivity index (χ1v) is 10.8. The Labute approximate surface area is 182 Å². The fourth-order valence-corrected chi connectivity index (χ4v) is 3.99. The van der Waals surface area contributed by atoms with Gasteiger partial charge in [0.15, 0.2) is 6.29 Å². The largest absolute Gasteiger partial charge is 0.394 e. The zero-order chi connectivity index (χ0) is 23.5. The van der Waals surface area contributed by atoms with Crippen molar-refractivity contribution < 1.29 is 54.7 Å². The Hall–Kier alpha value is -0.440. The van der Waals surface area contributed by atoms with E-state index in [9.17, 15) is 35.7 Å². The molecule has 2 aliphatic rings. The lowest BCUT2D eigenvalue weighted by molar-refractivity contribution is -0.336. The third kappa shape index (κ3) is 5.56. The van der Waals surface area contributed by atoms with E-state index in [1.165, 1.54) is 0 Å². The van der Waals surface area contributed by atoms with E-state index in [1.807, 2.05) is 6.92 Å². The summed E-state index contributed by atoms with van der Waals surface area (Å²) in [5, 5.41) is 71.4. The van der Waals surface area contributed by atoms with E-state index in [-0.39, 0.29) is 12.5 Å². The van der Waals surface area contributed by atoms with Crippen LogP contribution in [0.3, 0.4) is 0 Å². The van der Waals surface area contributed by atoms with Gasteiger partial charge in [-0.3, -0.25) is 0 Å². The Morgan fingerprint density at radius 3 is 1.90 bits per heavy atom. The molecule has 2 rings (SSSR count). The van der Waals surface area contributed by atoms with E-state index < -0.39 is 80.0 Å². The highest BCUT2D eigenvalue weighted by Crippen LogP contribution is 2.37. The first kappa shape index (κ1) is 26.8. The molecule has 0 aliphatic carbocycles. The summed E-state index contributed by atoms with van der Waals surface area (Å²) in [6.07, 6.45) is -12.6. The van der Waals surface area contributed by atoms with Crippen LogP contribution in [0, 0.1) is 0 Å². The van der Waals surface area contributed by atoms with E-state index in [0.29, 0.717) is 6.42 Å². The monoisotopic (exact) mass is 454 g/mol. The van der Waals surface area contributed by atoms with Crippen LogP contribution in [0.1, 0.15) is 40.5 Å². The van der Waals surface area contributed by atoms with Gasteiger partial charge in [0.25, 0.3) is 0 Å². The Morgan fingerprint density at radius 1 is 0.839 bits per heavy atom. The van der Waals surface area contributed by atoms with Crippen LogP contribution in [0.5, 0.6) is 0 Å². The van der Waals surface area contributed by atoms with E-state index >= 15 is 0 Å². The van der Waals surface area contributed by atoms with Crippen molar-refractivity contribution in [2.75, 3.05) is 13.2 Å². The Kier molecular flexibility index (Phi) is 9.62. The zero-order valence-electron chi connectivity index (χ0n) is 18.4. The molecule has 12 atom stereocenters. The number of hydrogen-bond donors (Lipinski definition) is 7. The highest BCUT2D eigenvalue weighted by atomic mass is 16.7. The van der Waals surface area contributed by atoms with E-state index in [4.69, 9.17) is 18.9 Å². The van der Waals surface area contributed by atoms with Gasteiger partial charge in [0.05, 0.1) is 24.9 Å². The smallest absolute Gasteiger partial charge is 0.184 e. The van der Waals surface area contributed by atoms with Gasteiger partial charge in [-0.2, -0.15) is 0 Å². The first-order chi connectivity index (χ1) is 14.5. The van der Waals surface area contributed by atoms with Crippen LogP contribution >= 0.6 is 0 Å². The molecule has 2 aliphatic heterocycles. The summed E-state index contributed by atoms with van der Waals surface area (Å²) in [7, 11) is 0. The lowest BCUT2D eigenvalue weighted by Gasteiger charge is -2.51. The van der Waals surface area contributed by atoms with Crippen molar-refractivity contribution >= 4 is 0 Å². The molecule has 11 nitrogen and oxygen atoms in total. The molecule has 31 heavy (non-hydrogen) atoms. The van der Waals surface area contributed by atoms with Crippen LogP contribution < -0.4 is 0 Å². The highest BCUT2D eigenvalue weighted by Gasteiger charge is 2.55. The second kappa shape index (κ2) is 11.1. The van der Waals surface area contributed by atoms with Crippen molar-refractivity contribution in [3.8, 4) is 0 Å². The van der Waals surface area contributed by atoms with Crippen molar-refractivity contribution in [2.24, 2.45) is 0 Å². The summed E-state index contributed by atoms with van der Waals surface area (Å²) in [5.74, 6) is 0. The molecule has 2 saturated heterocycles. The predicted molar refractivity (Wildman–Crippen MR) is 106 cm³/mol. The molecule has 0 bridgehead atoms. The van der Waals surface area contributed by atoms with Gasteiger partial charge in [-0.05, 0) is 26.7 Å². The van der Waals surface area contributed by atoms with Gasteiger partial charge >= 0.3 is 0 Å². The molecule has 7 N–H and O–H groups in total. The summed E-state index contributed by atoms with van der Waals surface area (Å²) in [5.41, 5.74) is -1.34. The second-order valence-electron chi connectivity index (χ2n) is 8.56. The van der Waals surface area contributed by atoms with Gasteiger partial charge < -0.3 is 54.7 Å². The van der Waals surface area contributed by atoms with Crippen molar-refractivity contribution in [3.05, 3.63) is 0 Å². The number of aliphatic hydroxyl groups excluding tert-OH is 7. The van der Waals surface area contributed by atoms with Gasteiger partial charge in [0, 0.05) is 0 Å². The van der Waals surface area contributed by atoms with Crippen LogP contribution in [0.2, 0.25) is 0 Å². The SMILES string of the molecule is CCC(C)O[C@@H]1C(O)[C@H](C(C)(CC)OC2[C@H](O)C(CO)OC(O)[C@@H]2O)OC(CO)[C@H]1O. The standard InChI is InChI=1S/C20H38O11/c1-5-9(3)28-16-12(23)10(7-21)29-18(14(16)25)20(4,6-2)31-17-13(24)11(8-22)30-19(27)15(17)26/h9-19,21-27H,5-8H2,1-4H3/t9?,10?,11?,12-,13-,14?,15-,16+,17?,18-,19?,20?/m1/s1. The van der Waals surface area contributed by atoms with Gasteiger partial charge in [-0.1, -0.05) is 13.8 Å². The normalized spacial score (nSPS) is 44.6.